The van der Waals surface area contributed by atoms with Crippen LogP contribution < -0.4 is 10.1 Å². The Bertz CT molecular complexity index is 704. The van der Waals surface area contributed by atoms with E-state index in [4.69, 9.17) is 27.9 Å². The monoisotopic (exact) mass is 387 g/mol. The number of carbonyl (C=O) groups is 1. The summed E-state index contributed by atoms with van der Waals surface area (Å²) in [5.74, 6) is 0.755. The molecule has 1 saturated heterocycles. The molecule has 0 atom stereocenters. The number of carbonyl (C=O) groups excluding carboxylic acids is 1. The Morgan fingerprint density at radius 3 is 2.58 bits per heavy atom. The normalized spacial score (nSPS) is 14.0. The zero-order chi connectivity index (χ0) is 16.2. The van der Waals surface area contributed by atoms with E-state index in [2.05, 4.69) is 10.3 Å². The third kappa shape index (κ3) is 4.30. The van der Waals surface area contributed by atoms with Gasteiger partial charge in [-0.1, -0.05) is 29.3 Å². The standard InChI is InChI=1S/C16H15Cl2N3O2.ClH/c17-12-2-1-3-13(15(12)18)23-14-5-4-11(10-20-14)16(22)21-8-6-19-7-9-21;/h1-5,10,19H,6-9H2;1H. The number of nitrogens with zero attached hydrogens (tertiary/aromatic N) is 2. The van der Waals surface area contributed by atoms with Gasteiger partial charge < -0.3 is 15.0 Å². The number of aromatic nitrogens is 1. The molecule has 0 bridgehead atoms. The van der Waals surface area contributed by atoms with Crippen molar-refractivity contribution in [1.29, 1.82) is 0 Å². The lowest BCUT2D eigenvalue weighted by molar-refractivity contribution is 0.0735. The molecule has 1 fully saturated rings. The van der Waals surface area contributed by atoms with Crippen LogP contribution in [0.5, 0.6) is 11.6 Å². The Balaban J connectivity index is 0.00000208. The van der Waals surface area contributed by atoms with Gasteiger partial charge in [0, 0.05) is 38.4 Å². The summed E-state index contributed by atoms with van der Waals surface area (Å²) >= 11 is 12.0. The van der Waals surface area contributed by atoms with Gasteiger partial charge in [0.15, 0.2) is 0 Å². The van der Waals surface area contributed by atoms with E-state index in [1.807, 2.05) is 4.90 Å². The van der Waals surface area contributed by atoms with Crippen LogP contribution in [0.2, 0.25) is 10.0 Å². The minimum Gasteiger partial charge on any atom is -0.437 e. The number of halogens is 3. The van der Waals surface area contributed by atoms with Gasteiger partial charge >= 0.3 is 0 Å². The summed E-state index contributed by atoms with van der Waals surface area (Å²) in [6.45, 7) is 3.03. The van der Waals surface area contributed by atoms with Gasteiger partial charge in [-0.2, -0.15) is 0 Å². The number of pyridine rings is 1. The summed E-state index contributed by atoms with van der Waals surface area (Å²) in [5.41, 5.74) is 0.538. The molecule has 8 heteroatoms. The van der Waals surface area contributed by atoms with Gasteiger partial charge in [0.05, 0.1) is 10.6 Å². The summed E-state index contributed by atoms with van der Waals surface area (Å²) in [4.78, 5) is 18.3. The highest BCUT2D eigenvalue weighted by Gasteiger charge is 2.18. The van der Waals surface area contributed by atoms with Gasteiger partial charge in [-0.3, -0.25) is 4.79 Å². The maximum Gasteiger partial charge on any atom is 0.255 e. The summed E-state index contributed by atoms with van der Waals surface area (Å²) < 4.78 is 5.61. The van der Waals surface area contributed by atoms with Crippen LogP contribution in [0.25, 0.3) is 0 Å². The van der Waals surface area contributed by atoms with E-state index >= 15 is 0 Å². The predicted octanol–water partition coefficient (Wildman–Crippen LogP) is 3.65. The molecule has 1 amide bonds. The first-order valence-electron chi connectivity index (χ1n) is 7.23. The lowest BCUT2D eigenvalue weighted by Gasteiger charge is -2.27. The smallest absolute Gasteiger partial charge is 0.255 e. The molecule has 1 aliphatic heterocycles. The molecule has 1 aliphatic rings. The Morgan fingerprint density at radius 2 is 1.92 bits per heavy atom. The molecule has 2 heterocycles. The van der Waals surface area contributed by atoms with E-state index in [-0.39, 0.29) is 18.3 Å². The molecule has 1 aromatic heterocycles. The highest BCUT2D eigenvalue weighted by molar-refractivity contribution is 6.42. The molecule has 0 radical (unpaired) electrons. The van der Waals surface area contributed by atoms with Crippen molar-refractivity contribution in [2.75, 3.05) is 26.2 Å². The van der Waals surface area contributed by atoms with Gasteiger partial charge in [0.1, 0.15) is 10.8 Å². The number of piperazine rings is 1. The molecule has 0 saturated carbocycles. The minimum absolute atomic E-state index is 0. The van der Waals surface area contributed by atoms with Crippen LogP contribution in [0.3, 0.4) is 0 Å². The average molecular weight is 389 g/mol. The number of benzene rings is 1. The second-order valence-electron chi connectivity index (χ2n) is 5.08. The van der Waals surface area contributed by atoms with Gasteiger partial charge in [-0.15, -0.1) is 12.4 Å². The van der Waals surface area contributed by atoms with Crippen LogP contribution in [0.15, 0.2) is 36.5 Å². The summed E-state index contributed by atoms with van der Waals surface area (Å²) in [7, 11) is 0. The fourth-order valence-electron chi connectivity index (χ4n) is 2.29. The van der Waals surface area contributed by atoms with Crippen molar-refractivity contribution in [3.8, 4) is 11.6 Å². The van der Waals surface area contributed by atoms with Crippen molar-refractivity contribution < 1.29 is 9.53 Å². The Kier molecular flexibility index (Phi) is 6.69. The van der Waals surface area contributed by atoms with Gasteiger partial charge in [-0.25, -0.2) is 4.98 Å². The number of nitrogens with one attached hydrogen (secondary N) is 1. The first-order valence-corrected chi connectivity index (χ1v) is 7.98. The molecular weight excluding hydrogens is 373 g/mol. The largest absolute Gasteiger partial charge is 0.437 e. The third-order valence-corrected chi connectivity index (χ3v) is 4.32. The van der Waals surface area contributed by atoms with E-state index in [9.17, 15) is 4.79 Å². The third-order valence-electron chi connectivity index (χ3n) is 3.52. The van der Waals surface area contributed by atoms with Crippen LogP contribution in [0, 0.1) is 0 Å². The van der Waals surface area contributed by atoms with Crippen LogP contribution in [0.1, 0.15) is 10.4 Å². The molecule has 3 rings (SSSR count). The van der Waals surface area contributed by atoms with Crippen molar-refractivity contribution in [2.24, 2.45) is 0 Å². The van der Waals surface area contributed by atoms with E-state index in [1.54, 1.807) is 30.3 Å². The number of ether oxygens (including phenoxy) is 1. The van der Waals surface area contributed by atoms with Crippen molar-refractivity contribution in [3.63, 3.8) is 0 Å². The maximum absolute atomic E-state index is 12.3. The van der Waals surface area contributed by atoms with Crippen LogP contribution in [0.4, 0.5) is 0 Å². The second kappa shape index (κ2) is 8.53. The molecule has 5 nitrogen and oxygen atoms in total. The number of hydrogen-bond acceptors (Lipinski definition) is 4. The molecule has 24 heavy (non-hydrogen) atoms. The molecule has 128 valence electrons. The van der Waals surface area contributed by atoms with Gasteiger partial charge in [0.25, 0.3) is 5.91 Å². The van der Waals surface area contributed by atoms with Crippen molar-refractivity contribution in [1.82, 2.24) is 15.2 Å². The second-order valence-corrected chi connectivity index (χ2v) is 5.87. The zero-order valence-electron chi connectivity index (χ0n) is 12.7. The summed E-state index contributed by atoms with van der Waals surface area (Å²) in [6, 6.07) is 8.47. The lowest BCUT2D eigenvalue weighted by atomic mass is 10.2. The van der Waals surface area contributed by atoms with Crippen LogP contribution in [-0.4, -0.2) is 42.0 Å². The van der Waals surface area contributed by atoms with Crippen molar-refractivity contribution in [2.45, 2.75) is 0 Å². The topological polar surface area (TPSA) is 54.5 Å². The molecule has 0 spiro atoms. The first-order chi connectivity index (χ1) is 11.1. The summed E-state index contributed by atoms with van der Waals surface area (Å²) in [5, 5.41) is 3.96. The average Bonchev–Trinajstić information content (AvgIpc) is 2.60. The quantitative estimate of drug-likeness (QED) is 0.872. The molecular formula is C16H16Cl3N3O2. The number of amides is 1. The number of hydrogen-bond donors (Lipinski definition) is 1. The zero-order valence-corrected chi connectivity index (χ0v) is 15.0. The highest BCUT2D eigenvalue weighted by atomic mass is 35.5. The Morgan fingerprint density at radius 1 is 1.17 bits per heavy atom. The molecule has 1 N–H and O–H groups in total. The van der Waals surface area contributed by atoms with E-state index in [0.717, 1.165) is 13.1 Å². The Hall–Kier alpha value is -1.53. The van der Waals surface area contributed by atoms with E-state index < -0.39 is 0 Å². The molecule has 2 aromatic rings. The van der Waals surface area contributed by atoms with Crippen molar-refractivity contribution >= 4 is 41.5 Å². The first kappa shape index (κ1) is 18.8. The molecule has 1 aromatic carbocycles. The molecule has 0 unspecified atom stereocenters. The van der Waals surface area contributed by atoms with Crippen LogP contribution in [-0.2, 0) is 0 Å². The predicted molar refractivity (Wildman–Crippen MR) is 96.8 cm³/mol. The molecule has 0 aliphatic carbocycles. The fourth-order valence-corrected chi connectivity index (χ4v) is 2.62. The van der Waals surface area contributed by atoms with Crippen LogP contribution >= 0.6 is 35.6 Å². The van der Waals surface area contributed by atoms with Crippen molar-refractivity contribution in [3.05, 3.63) is 52.1 Å². The maximum atomic E-state index is 12.3. The summed E-state index contributed by atoms with van der Waals surface area (Å²) in [6.07, 6.45) is 1.51. The fraction of sp³-hybridized carbons (Fsp3) is 0.250. The van der Waals surface area contributed by atoms with Gasteiger partial charge in [0.2, 0.25) is 5.88 Å². The minimum atomic E-state index is -0.0219. The lowest BCUT2D eigenvalue weighted by Crippen LogP contribution is -2.46. The van der Waals surface area contributed by atoms with E-state index in [1.165, 1.54) is 6.20 Å². The Labute approximate surface area is 156 Å². The highest BCUT2D eigenvalue weighted by Crippen LogP contribution is 2.33. The SMILES string of the molecule is Cl.O=C(c1ccc(Oc2cccc(Cl)c2Cl)nc1)N1CCNCC1. The number of rotatable bonds is 3. The van der Waals surface area contributed by atoms with E-state index in [0.29, 0.717) is 40.3 Å². The van der Waals surface area contributed by atoms with Gasteiger partial charge in [-0.05, 0) is 18.2 Å².